The molecule has 0 saturated carbocycles. The first-order valence-electron chi connectivity index (χ1n) is 8.24. The third-order valence-electron chi connectivity index (χ3n) is 3.68. The summed E-state index contributed by atoms with van der Waals surface area (Å²) >= 11 is 0. The third-order valence-corrected chi connectivity index (χ3v) is 3.68. The van der Waals surface area contributed by atoms with Crippen molar-refractivity contribution in [1.29, 1.82) is 0 Å². The van der Waals surface area contributed by atoms with Gasteiger partial charge in [0.25, 0.3) is 0 Å². The molecule has 0 aliphatic carbocycles. The molecule has 0 aliphatic rings. The summed E-state index contributed by atoms with van der Waals surface area (Å²) in [5, 5.41) is 5.57. The SMILES string of the molecule is CCOc1ccc(CCNC(=O)Nc2ccc(C)cc2N)cc1OC. The van der Waals surface area contributed by atoms with Crippen LogP contribution in [-0.4, -0.2) is 26.3 Å². The van der Waals surface area contributed by atoms with E-state index in [0.717, 1.165) is 11.1 Å². The number of urea groups is 1. The Hall–Kier alpha value is -2.89. The maximum absolute atomic E-state index is 12.0. The lowest BCUT2D eigenvalue weighted by Crippen LogP contribution is -2.30. The Labute approximate surface area is 148 Å². The Kier molecular flexibility index (Phi) is 6.51. The van der Waals surface area contributed by atoms with Crippen LogP contribution in [0.3, 0.4) is 0 Å². The smallest absolute Gasteiger partial charge is 0.319 e. The van der Waals surface area contributed by atoms with Crippen molar-refractivity contribution in [3.05, 3.63) is 47.5 Å². The van der Waals surface area contributed by atoms with E-state index in [9.17, 15) is 4.79 Å². The molecule has 6 heteroatoms. The second kappa shape index (κ2) is 8.82. The monoisotopic (exact) mass is 343 g/mol. The number of aryl methyl sites for hydroxylation is 1. The topological polar surface area (TPSA) is 85.6 Å². The number of nitrogens with one attached hydrogen (secondary N) is 2. The summed E-state index contributed by atoms with van der Waals surface area (Å²) in [6.45, 7) is 4.95. The van der Waals surface area contributed by atoms with E-state index in [1.165, 1.54) is 0 Å². The first kappa shape index (κ1) is 18.4. The van der Waals surface area contributed by atoms with Crippen LogP contribution in [0, 0.1) is 6.92 Å². The molecule has 0 fully saturated rings. The minimum Gasteiger partial charge on any atom is -0.493 e. The number of nitrogen functional groups attached to an aromatic ring is 1. The highest BCUT2D eigenvalue weighted by atomic mass is 16.5. The number of rotatable bonds is 7. The number of methoxy groups -OCH3 is 1. The van der Waals surface area contributed by atoms with Crippen molar-refractivity contribution in [2.75, 3.05) is 31.3 Å². The van der Waals surface area contributed by atoms with Crippen molar-refractivity contribution < 1.29 is 14.3 Å². The summed E-state index contributed by atoms with van der Waals surface area (Å²) in [6, 6.07) is 11.0. The zero-order valence-corrected chi connectivity index (χ0v) is 14.9. The number of anilines is 2. The zero-order valence-electron chi connectivity index (χ0n) is 14.9. The van der Waals surface area contributed by atoms with Crippen LogP contribution in [0.4, 0.5) is 16.2 Å². The van der Waals surface area contributed by atoms with E-state index in [0.29, 0.717) is 42.4 Å². The highest BCUT2D eigenvalue weighted by Gasteiger charge is 2.07. The number of carbonyl (C=O) groups is 1. The molecule has 4 N–H and O–H groups in total. The Balaban J connectivity index is 1.86. The molecule has 0 aromatic heterocycles. The van der Waals surface area contributed by atoms with Gasteiger partial charge >= 0.3 is 6.03 Å². The molecule has 0 bridgehead atoms. The van der Waals surface area contributed by atoms with Crippen molar-refractivity contribution in [2.24, 2.45) is 0 Å². The van der Waals surface area contributed by atoms with Gasteiger partial charge in [-0.25, -0.2) is 4.79 Å². The number of ether oxygens (including phenoxy) is 2. The second-order valence-electron chi connectivity index (χ2n) is 5.64. The first-order valence-corrected chi connectivity index (χ1v) is 8.24. The van der Waals surface area contributed by atoms with Gasteiger partial charge in [0.15, 0.2) is 11.5 Å². The normalized spacial score (nSPS) is 10.2. The number of carbonyl (C=O) groups excluding carboxylic acids is 1. The van der Waals surface area contributed by atoms with Crippen LogP contribution in [0.5, 0.6) is 11.5 Å². The van der Waals surface area contributed by atoms with Crippen molar-refractivity contribution in [3.8, 4) is 11.5 Å². The number of nitrogens with two attached hydrogens (primary N) is 1. The number of hydrogen-bond acceptors (Lipinski definition) is 4. The molecule has 2 rings (SSSR count). The van der Waals surface area contributed by atoms with Gasteiger partial charge in [-0.2, -0.15) is 0 Å². The molecule has 2 aromatic rings. The van der Waals surface area contributed by atoms with E-state index in [-0.39, 0.29) is 6.03 Å². The average Bonchev–Trinajstić information content (AvgIpc) is 2.59. The van der Waals surface area contributed by atoms with Crippen LogP contribution in [0.1, 0.15) is 18.1 Å². The maximum atomic E-state index is 12.0. The van der Waals surface area contributed by atoms with Crippen LogP contribution in [0.25, 0.3) is 0 Å². The van der Waals surface area contributed by atoms with Crippen LogP contribution < -0.4 is 25.8 Å². The quantitative estimate of drug-likeness (QED) is 0.673. The van der Waals surface area contributed by atoms with Crippen molar-refractivity contribution >= 4 is 17.4 Å². The Morgan fingerprint density at radius 3 is 2.64 bits per heavy atom. The number of benzene rings is 2. The first-order chi connectivity index (χ1) is 12.0. The van der Waals surface area contributed by atoms with E-state index >= 15 is 0 Å². The van der Waals surface area contributed by atoms with E-state index in [4.69, 9.17) is 15.2 Å². The van der Waals surface area contributed by atoms with Gasteiger partial charge in [0.2, 0.25) is 0 Å². The molecule has 0 aliphatic heterocycles. The molecule has 134 valence electrons. The Morgan fingerprint density at radius 2 is 1.96 bits per heavy atom. The van der Waals surface area contributed by atoms with Crippen LogP contribution >= 0.6 is 0 Å². The number of amides is 2. The molecule has 25 heavy (non-hydrogen) atoms. The van der Waals surface area contributed by atoms with Gasteiger partial charge in [-0.15, -0.1) is 0 Å². The second-order valence-corrected chi connectivity index (χ2v) is 5.64. The Bertz CT molecular complexity index is 732. The predicted octanol–water partition coefficient (Wildman–Crippen LogP) is 3.35. The Morgan fingerprint density at radius 1 is 1.16 bits per heavy atom. The van der Waals surface area contributed by atoms with Crippen LogP contribution in [0.2, 0.25) is 0 Å². The summed E-state index contributed by atoms with van der Waals surface area (Å²) < 4.78 is 10.8. The van der Waals surface area contributed by atoms with Crippen molar-refractivity contribution in [2.45, 2.75) is 20.3 Å². The van der Waals surface area contributed by atoms with Crippen molar-refractivity contribution in [3.63, 3.8) is 0 Å². The van der Waals surface area contributed by atoms with Gasteiger partial charge in [-0.1, -0.05) is 12.1 Å². The standard InChI is InChI=1S/C19H25N3O3/c1-4-25-17-8-6-14(12-18(17)24-3)9-10-21-19(23)22-16-7-5-13(2)11-15(16)20/h5-8,11-12H,4,9-10,20H2,1-3H3,(H2,21,22,23). The molecular weight excluding hydrogens is 318 g/mol. The lowest BCUT2D eigenvalue weighted by molar-refractivity contribution is 0.252. The fourth-order valence-corrected chi connectivity index (χ4v) is 2.43. The molecule has 0 spiro atoms. The predicted molar refractivity (Wildman–Crippen MR) is 100 cm³/mol. The molecular formula is C19H25N3O3. The third kappa shape index (κ3) is 5.31. The maximum Gasteiger partial charge on any atom is 0.319 e. The molecule has 0 atom stereocenters. The summed E-state index contributed by atoms with van der Waals surface area (Å²) in [5.41, 5.74) is 9.14. The molecule has 0 unspecified atom stereocenters. The van der Waals surface area contributed by atoms with Gasteiger partial charge < -0.3 is 25.8 Å². The summed E-state index contributed by atoms with van der Waals surface area (Å²) in [6.07, 6.45) is 0.680. The lowest BCUT2D eigenvalue weighted by atomic mass is 10.1. The minimum atomic E-state index is -0.284. The highest BCUT2D eigenvalue weighted by molar-refractivity contribution is 5.92. The van der Waals surface area contributed by atoms with Gasteiger partial charge in [0.05, 0.1) is 25.1 Å². The summed E-state index contributed by atoms with van der Waals surface area (Å²) in [4.78, 5) is 12.0. The van der Waals surface area contributed by atoms with Crippen LogP contribution in [-0.2, 0) is 6.42 Å². The molecule has 0 radical (unpaired) electrons. The lowest BCUT2D eigenvalue weighted by Gasteiger charge is -2.12. The van der Waals surface area contributed by atoms with Gasteiger partial charge in [0, 0.05) is 6.54 Å². The number of hydrogen-bond donors (Lipinski definition) is 3. The van der Waals surface area contributed by atoms with Gasteiger partial charge in [-0.05, 0) is 55.7 Å². The fourth-order valence-electron chi connectivity index (χ4n) is 2.43. The minimum absolute atomic E-state index is 0.284. The molecule has 2 aromatic carbocycles. The molecule has 0 heterocycles. The van der Waals surface area contributed by atoms with Gasteiger partial charge in [0.1, 0.15) is 0 Å². The molecule has 2 amide bonds. The summed E-state index contributed by atoms with van der Waals surface area (Å²) in [5.74, 6) is 1.41. The fraction of sp³-hybridized carbons (Fsp3) is 0.316. The van der Waals surface area contributed by atoms with E-state index < -0.39 is 0 Å². The molecule has 0 saturated heterocycles. The largest absolute Gasteiger partial charge is 0.493 e. The van der Waals surface area contributed by atoms with Gasteiger partial charge in [-0.3, -0.25) is 0 Å². The zero-order chi connectivity index (χ0) is 18.2. The van der Waals surface area contributed by atoms with Crippen molar-refractivity contribution in [1.82, 2.24) is 5.32 Å². The molecule has 6 nitrogen and oxygen atoms in total. The van der Waals surface area contributed by atoms with E-state index in [1.807, 2.05) is 44.2 Å². The van der Waals surface area contributed by atoms with E-state index in [2.05, 4.69) is 10.6 Å². The average molecular weight is 343 g/mol. The highest BCUT2D eigenvalue weighted by Crippen LogP contribution is 2.28. The van der Waals surface area contributed by atoms with E-state index in [1.54, 1.807) is 13.2 Å². The van der Waals surface area contributed by atoms with Crippen LogP contribution in [0.15, 0.2) is 36.4 Å². The summed E-state index contributed by atoms with van der Waals surface area (Å²) in [7, 11) is 1.61.